The van der Waals surface area contributed by atoms with Crippen LogP contribution in [0.4, 0.5) is 4.39 Å². The average Bonchev–Trinajstić information content (AvgIpc) is 2.51. The molecule has 24 heavy (non-hydrogen) atoms. The van der Waals surface area contributed by atoms with Gasteiger partial charge in [-0.25, -0.2) is 4.39 Å². The van der Waals surface area contributed by atoms with Gasteiger partial charge in [0.1, 0.15) is 5.82 Å². The largest absolute Gasteiger partial charge is 0.350 e. The smallest absolute Gasteiger partial charge is 0.220 e. The van der Waals surface area contributed by atoms with Gasteiger partial charge in [-0.3, -0.25) is 4.79 Å². The lowest BCUT2D eigenvalue weighted by molar-refractivity contribution is -0.123. The van der Waals surface area contributed by atoms with E-state index in [1.54, 1.807) is 6.92 Å². The van der Waals surface area contributed by atoms with Crippen LogP contribution in [0.2, 0.25) is 10.0 Å². The van der Waals surface area contributed by atoms with Gasteiger partial charge in [-0.1, -0.05) is 30.1 Å². The van der Waals surface area contributed by atoms with E-state index in [4.69, 9.17) is 23.2 Å². The number of halogens is 4. The van der Waals surface area contributed by atoms with Gasteiger partial charge in [0.2, 0.25) is 5.91 Å². The number of carbonyl (C=O) groups excluding carboxylic acids is 1. The Balaban J connectivity index is 0.00000288. The van der Waals surface area contributed by atoms with Crippen molar-refractivity contribution in [3.05, 3.63) is 33.6 Å². The van der Waals surface area contributed by atoms with E-state index in [2.05, 4.69) is 17.6 Å². The van der Waals surface area contributed by atoms with E-state index in [1.807, 2.05) is 0 Å². The molecular formula is C17H24Cl3FN2O. The summed E-state index contributed by atoms with van der Waals surface area (Å²) in [5, 5.41) is 6.58. The maximum Gasteiger partial charge on any atom is 0.220 e. The summed E-state index contributed by atoms with van der Waals surface area (Å²) in [6.45, 7) is 5.95. The third kappa shape index (κ3) is 5.76. The maximum absolute atomic E-state index is 13.6. The van der Waals surface area contributed by atoms with E-state index in [0.29, 0.717) is 28.8 Å². The normalized spacial score (nSPS) is 17.7. The zero-order valence-corrected chi connectivity index (χ0v) is 16.2. The van der Waals surface area contributed by atoms with Gasteiger partial charge in [-0.15, -0.1) is 12.4 Å². The summed E-state index contributed by atoms with van der Waals surface area (Å²) in [5.41, 5.74) is 0.538. The molecule has 2 N–H and O–H groups in total. The standard InChI is InChI=1S/C17H23Cl2FN2O.ClH/c1-10(12-3-5-21-6-4-12)7-17(23)22-11(2)13-8-16(20)15(19)9-14(13)18;/h8-12,21H,3-7H2,1-2H3,(H,22,23);1H. The first-order chi connectivity index (χ1) is 10.9. The van der Waals surface area contributed by atoms with Gasteiger partial charge in [-0.05, 0) is 62.4 Å². The van der Waals surface area contributed by atoms with Gasteiger partial charge in [0, 0.05) is 11.4 Å². The maximum atomic E-state index is 13.6. The molecule has 1 amide bonds. The Morgan fingerprint density at radius 3 is 2.54 bits per heavy atom. The van der Waals surface area contributed by atoms with Crippen LogP contribution >= 0.6 is 35.6 Å². The van der Waals surface area contributed by atoms with E-state index >= 15 is 0 Å². The number of nitrogens with one attached hydrogen (secondary N) is 2. The van der Waals surface area contributed by atoms with Crippen molar-refractivity contribution in [1.29, 1.82) is 0 Å². The second-order valence-corrected chi connectivity index (χ2v) is 7.16. The molecule has 0 bridgehead atoms. The third-order valence-corrected chi connectivity index (χ3v) is 5.20. The summed E-state index contributed by atoms with van der Waals surface area (Å²) in [6, 6.07) is 2.29. The van der Waals surface area contributed by atoms with Crippen LogP contribution in [0.1, 0.15) is 44.7 Å². The highest BCUT2D eigenvalue weighted by Crippen LogP contribution is 2.29. The number of benzene rings is 1. The van der Waals surface area contributed by atoms with Crippen molar-refractivity contribution in [2.24, 2.45) is 11.8 Å². The molecule has 2 atom stereocenters. The highest BCUT2D eigenvalue weighted by molar-refractivity contribution is 6.35. The number of amides is 1. The van der Waals surface area contributed by atoms with Gasteiger partial charge in [-0.2, -0.15) is 0 Å². The summed E-state index contributed by atoms with van der Waals surface area (Å²) >= 11 is 11.8. The van der Waals surface area contributed by atoms with Crippen molar-refractivity contribution in [3.63, 3.8) is 0 Å². The van der Waals surface area contributed by atoms with Crippen LogP contribution in [-0.4, -0.2) is 19.0 Å². The Bertz CT molecular complexity index is 565. The first kappa shape index (κ1) is 21.5. The van der Waals surface area contributed by atoms with Gasteiger partial charge in [0.15, 0.2) is 0 Å². The van der Waals surface area contributed by atoms with Gasteiger partial charge in [0.05, 0.1) is 11.1 Å². The summed E-state index contributed by atoms with van der Waals surface area (Å²) < 4.78 is 13.6. The van der Waals surface area contributed by atoms with E-state index in [0.717, 1.165) is 25.9 Å². The summed E-state index contributed by atoms with van der Waals surface area (Å²) in [7, 11) is 0. The zero-order valence-electron chi connectivity index (χ0n) is 13.9. The molecule has 1 heterocycles. The Hall–Kier alpha value is -0.550. The number of piperidine rings is 1. The molecule has 1 aromatic rings. The van der Waals surface area contributed by atoms with Crippen molar-refractivity contribution in [2.45, 2.75) is 39.2 Å². The summed E-state index contributed by atoms with van der Waals surface area (Å²) in [6.07, 6.45) is 2.69. The molecule has 0 spiro atoms. The Morgan fingerprint density at radius 2 is 1.92 bits per heavy atom. The van der Waals surface area contributed by atoms with Gasteiger partial charge in [0.25, 0.3) is 0 Å². The topological polar surface area (TPSA) is 41.1 Å². The minimum Gasteiger partial charge on any atom is -0.350 e. The highest BCUT2D eigenvalue weighted by atomic mass is 35.5. The highest BCUT2D eigenvalue weighted by Gasteiger charge is 2.23. The number of carbonyl (C=O) groups is 1. The molecule has 1 aliphatic rings. The van der Waals surface area contributed by atoms with Crippen LogP contribution in [0, 0.1) is 17.7 Å². The Kier molecular flexibility index (Phi) is 8.78. The monoisotopic (exact) mass is 396 g/mol. The van der Waals surface area contributed by atoms with Gasteiger partial charge >= 0.3 is 0 Å². The molecule has 0 aromatic heterocycles. The van der Waals surface area contributed by atoms with Crippen LogP contribution in [0.25, 0.3) is 0 Å². The quantitative estimate of drug-likeness (QED) is 0.703. The lowest BCUT2D eigenvalue weighted by Crippen LogP contribution is -2.34. The van der Waals surface area contributed by atoms with E-state index in [-0.39, 0.29) is 29.4 Å². The number of rotatable bonds is 5. The van der Waals surface area contributed by atoms with Crippen LogP contribution in [0.5, 0.6) is 0 Å². The van der Waals surface area contributed by atoms with Crippen LogP contribution in [0.3, 0.4) is 0 Å². The second kappa shape index (κ2) is 9.81. The lowest BCUT2D eigenvalue weighted by atomic mass is 9.84. The van der Waals surface area contributed by atoms with E-state index in [9.17, 15) is 9.18 Å². The van der Waals surface area contributed by atoms with Crippen LogP contribution in [0.15, 0.2) is 12.1 Å². The molecule has 1 fully saturated rings. The SMILES string of the molecule is CC(NC(=O)CC(C)C1CCNCC1)c1cc(F)c(Cl)cc1Cl.Cl. The Labute approximate surface area is 159 Å². The lowest BCUT2D eigenvalue weighted by Gasteiger charge is -2.28. The predicted molar refractivity (Wildman–Crippen MR) is 99.6 cm³/mol. The molecule has 2 rings (SSSR count). The number of hydrogen-bond acceptors (Lipinski definition) is 2. The molecule has 2 unspecified atom stereocenters. The van der Waals surface area contributed by atoms with Crippen molar-refractivity contribution in [2.75, 3.05) is 13.1 Å². The fourth-order valence-corrected chi connectivity index (χ4v) is 3.67. The van der Waals surface area contributed by atoms with Crippen molar-refractivity contribution in [1.82, 2.24) is 10.6 Å². The van der Waals surface area contributed by atoms with Crippen LogP contribution < -0.4 is 10.6 Å². The molecule has 1 aliphatic heterocycles. The van der Waals surface area contributed by atoms with Crippen LogP contribution in [-0.2, 0) is 4.79 Å². The molecule has 136 valence electrons. The number of hydrogen-bond donors (Lipinski definition) is 2. The van der Waals surface area contributed by atoms with Crippen molar-refractivity contribution < 1.29 is 9.18 Å². The van der Waals surface area contributed by atoms with Crippen molar-refractivity contribution >= 4 is 41.5 Å². The average molecular weight is 398 g/mol. The minimum absolute atomic E-state index is 0. The molecule has 3 nitrogen and oxygen atoms in total. The zero-order chi connectivity index (χ0) is 17.0. The fourth-order valence-electron chi connectivity index (χ4n) is 3.12. The van der Waals surface area contributed by atoms with Gasteiger partial charge < -0.3 is 10.6 Å². The molecule has 1 saturated heterocycles. The Morgan fingerprint density at radius 1 is 1.29 bits per heavy atom. The summed E-state index contributed by atoms with van der Waals surface area (Å²) in [5.74, 6) is 0.348. The van der Waals surface area contributed by atoms with E-state index in [1.165, 1.54) is 12.1 Å². The minimum atomic E-state index is -0.532. The fraction of sp³-hybridized carbons (Fsp3) is 0.588. The molecule has 7 heteroatoms. The van der Waals surface area contributed by atoms with Crippen molar-refractivity contribution in [3.8, 4) is 0 Å². The molecule has 0 saturated carbocycles. The molecule has 0 aliphatic carbocycles. The first-order valence-electron chi connectivity index (χ1n) is 8.03. The summed E-state index contributed by atoms with van der Waals surface area (Å²) in [4.78, 5) is 12.3. The predicted octanol–water partition coefficient (Wildman–Crippen LogP) is 4.76. The second-order valence-electron chi connectivity index (χ2n) is 6.35. The first-order valence-corrected chi connectivity index (χ1v) is 8.78. The van der Waals surface area contributed by atoms with E-state index < -0.39 is 5.82 Å². The molecule has 1 aromatic carbocycles. The third-order valence-electron chi connectivity index (χ3n) is 4.58. The molecule has 0 radical (unpaired) electrons. The molecular weight excluding hydrogens is 374 g/mol.